The maximum atomic E-state index is 12.3. The van der Waals surface area contributed by atoms with Crippen LogP contribution in [0.15, 0.2) is 42.9 Å². The molecule has 7 nitrogen and oxygen atoms in total. The van der Waals surface area contributed by atoms with Crippen molar-refractivity contribution < 1.29 is 22.8 Å². The van der Waals surface area contributed by atoms with Gasteiger partial charge in [-0.1, -0.05) is 11.6 Å². The SMILES string of the molecule is CCN(C(=O)CNC(=O)C=CC(F)(F)F)c1cn(-c2cccnc2)nc1Cl. The second kappa shape index (κ2) is 8.67. The standard InChI is InChI=1S/C16H15ClF3N5O2/c1-2-24(14(27)9-22-13(26)5-6-16(18,19)20)12-10-25(23-15(12)17)11-4-3-7-21-8-11/h3-8,10H,2,9H2,1H3,(H,22,26). The van der Waals surface area contributed by atoms with Crippen molar-refractivity contribution >= 4 is 29.1 Å². The van der Waals surface area contributed by atoms with Gasteiger partial charge in [-0.05, 0) is 19.1 Å². The van der Waals surface area contributed by atoms with Gasteiger partial charge in [0.2, 0.25) is 11.8 Å². The largest absolute Gasteiger partial charge is 0.409 e. The van der Waals surface area contributed by atoms with E-state index in [0.717, 1.165) is 0 Å². The molecule has 0 aliphatic heterocycles. The predicted octanol–water partition coefficient (Wildman–Crippen LogP) is 2.51. The number of pyridine rings is 1. The number of hydrogen-bond donors (Lipinski definition) is 1. The third kappa shape index (κ3) is 5.81. The van der Waals surface area contributed by atoms with Crippen LogP contribution in [-0.2, 0) is 9.59 Å². The first-order valence-electron chi connectivity index (χ1n) is 7.71. The van der Waals surface area contributed by atoms with E-state index >= 15 is 0 Å². The molecule has 11 heteroatoms. The fourth-order valence-electron chi connectivity index (χ4n) is 2.11. The van der Waals surface area contributed by atoms with E-state index in [2.05, 4.69) is 15.4 Å². The number of likely N-dealkylation sites (N-methyl/N-ethyl adjacent to an activating group) is 1. The normalized spacial score (nSPS) is 11.6. The zero-order valence-electron chi connectivity index (χ0n) is 14.1. The van der Waals surface area contributed by atoms with Crippen LogP contribution >= 0.6 is 11.6 Å². The van der Waals surface area contributed by atoms with Crippen molar-refractivity contribution in [3.63, 3.8) is 0 Å². The molecule has 0 bridgehead atoms. The summed E-state index contributed by atoms with van der Waals surface area (Å²) in [7, 11) is 0. The number of carbonyl (C=O) groups is 2. The van der Waals surface area contributed by atoms with Gasteiger partial charge in [0.1, 0.15) is 5.69 Å². The Morgan fingerprint density at radius 3 is 2.74 bits per heavy atom. The van der Waals surface area contributed by atoms with Crippen LogP contribution in [-0.4, -0.2) is 45.8 Å². The minimum atomic E-state index is -4.61. The first-order valence-corrected chi connectivity index (χ1v) is 8.08. The molecule has 2 rings (SSSR count). The fraction of sp³-hybridized carbons (Fsp3) is 0.250. The summed E-state index contributed by atoms with van der Waals surface area (Å²) in [6.45, 7) is 1.40. The molecule has 0 aliphatic rings. The number of anilines is 1. The molecule has 2 amide bonds. The molecule has 2 aromatic heterocycles. The van der Waals surface area contributed by atoms with Crippen molar-refractivity contribution in [2.45, 2.75) is 13.1 Å². The lowest BCUT2D eigenvalue weighted by atomic mass is 10.3. The van der Waals surface area contributed by atoms with Crippen molar-refractivity contribution in [3.05, 3.63) is 48.0 Å². The van der Waals surface area contributed by atoms with Gasteiger partial charge in [0.05, 0.1) is 24.6 Å². The van der Waals surface area contributed by atoms with E-state index in [0.29, 0.717) is 17.5 Å². The van der Waals surface area contributed by atoms with Crippen molar-refractivity contribution in [3.8, 4) is 5.69 Å². The molecule has 0 fully saturated rings. The molecule has 27 heavy (non-hydrogen) atoms. The number of alkyl halides is 3. The molecule has 2 aromatic rings. The van der Waals surface area contributed by atoms with E-state index in [1.807, 2.05) is 0 Å². The van der Waals surface area contributed by atoms with E-state index in [1.165, 1.54) is 15.8 Å². The number of hydrogen-bond acceptors (Lipinski definition) is 4. The van der Waals surface area contributed by atoms with Gasteiger partial charge >= 0.3 is 6.18 Å². The monoisotopic (exact) mass is 401 g/mol. The molecule has 0 radical (unpaired) electrons. The average molecular weight is 402 g/mol. The second-order valence-corrected chi connectivity index (χ2v) is 5.55. The smallest absolute Gasteiger partial charge is 0.343 e. The summed E-state index contributed by atoms with van der Waals surface area (Å²) < 4.78 is 37.5. The number of nitrogens with zero attached hydrogens (tertiary/aromatic N) is 4. The maximum absolute atomic E-state index is 12.3. The molecule has 0 aromatic carbocycles. The van der Waals surface area contributed by atoms with Crippen LogP contribution in [0.2, 0.25) is 5.15 Å². The summed E-state index contributed by atoms with van der Waals surface area (Å²) in [5.74, 6) is -1.59. The minimum absolute atomic E-state index is 0.0531. The molecule has 0 atom stereocenters. The Bertz CT molecular complexity index is 836. The Morgan fingerprint density at radius 1 is 1.41 bits per heavy atom. The summed E-state index contributed by atoms with van der Waals surface area (Å²) >= 11 is 6.11. The summed E-state index contributed by atoms with van der Waals surface area (Å²) in [4.78, 5) is 28.9. The van der Waals surface area contributed by atoms with Gasteiger partial charge in [-0.2, -0.15) is 18.3 Å². The van der Waals surface area contributed by atoms with E-state index in [1.54, 1.807) is 31.5 Å². The molecule has 0 spiro atoms. The molecule has 0 saturated carbocycles. The summed E-state index contributed by atoms with van der Waals surface area (Å²) in [5.41, 5.74) is 0.924. The summed E-state index contributed by atoms with van der Waals surface area (Å²) in [6.07, 6.45) is 0.166. The van der Waals surface area contributed by atoms with E-state index < -0.39 is 24.5 Å². The molecule has 144 valence electrons. The highest BCUT2D eigenvalue weighted by Crippen LogP contribution is 2.25. The minimum Gasteiger partial charge on any atom is -0.343 e. The molecule has 0 saturated heterocycles. The molecule has 0 aliphatic carbocycles. The maximum Gasteiger partial charge on any atom is 0.409 e. The van der Waals surface area contributed by atoms with Gasteiger partial charge in [0, 0.05) is 24.9 Å². The van der Waals surface area contributed by atoms with Crippen molar-refractivity contribution in [1.82, 2.24) is 20.1 Å². The Labute approximate surface area is 157 Å². The number of rotatable bonds is 6. The third-order valence-electron chi connectivity index (χ3n) is 3.31. The summed E-state index contributed by atoms with van der Waals surface area (Å²) in [5, 5.41) is 6.26. The molecule has 2 heterocycles. The van der Waals surface area contributed by atoms with Crippen LogP contribution < -0.4 is 10.2 Å². The van der Waals surface area contributed by atoms with Crippen molar-refractivity contribution in [2.75, 3.05) is 18.0 Å². The lowest BCUT2D eigenvalue weighted by Crippen LogP contribution is -2.39. The molecule has 1 N–H and O–H groups in total. The van der Waals surface area contributed by atoms with E-state index in [-0.39, 0.29) is 17.8 Å². The van der Waals surface area contributed by atoms with Crippen LogP contribution in [0, 0.1) is 0 Å². The Kier molecular flexibility index (Phi) is 6.56. The van der Waals surface area contributed by atoms with Gasteiger partial charge in [-0.15, -0.1) is 0 Å². The Hall–Kier alpha value is -2.88. The van der Waals surface area contributed by atoms with Crippen LogP contribution in [0.5, 0.6) is 0 Å². The number of nitrogens with one attached hydrogen (secondary N) is 1. The summed E-state index contributed by atoms with van der Waals surface area (Å²) in [6, 6.07) is 3.45. The number of halogens is 4. The van der Waals surface area contributed by atoms with Gasteiger partial charge in [-0.3, -0.25) is 14.6 Å². The second-order valence-electron chi connectivity index (χ2n) is 5.19. The topological polar surface area (TPSA) is 80.1 Å². The van der Waals surface area contributed by atoms with Gasteiger partial charge in [0.25, 0.3) is 0 Å². The number of aromatic nitrogens is 3. The molecular formula is C16H15ClF3N5O2. The molecular weight excluding hydrogens is 387 g/mol. The third-order valence-corrected chi connectivity index (χ3v) is 3.58. The van der Waals surface area contributed by atoms with E-state index in [9.17, 15) is 22.8 Å². The van der Waals surface area contributed by atoms with Crippen LogP contribution in [0.4, 0.5) is 18.9 Å². The highest BCUT2D eigenvalue weighted by Gasteiger charge is 2.23. The lowest BCUT2D eigenvalue weighted by molar-refractivity contribution is -0.122. The average Bonchev–Trinajstić information content (AvgIpc) is 3.00. The van der Waals surface area contributed by atoms with Gasteiger partial charge < -0.3 is 10.2 Å². The first-order chi connectivity index (χ1) is 12.7. The Morgan fingerprint density at radius 2 is 2.15 bits per heavy atom. The zero-order chi connectivity index (χ0) is 20.0. The first kappa shape index (κ1) is 20.4. The van der Waals surface area contributed by atoms with Gasteiger partial charge in [0.15, 0.2) is 5.15 Å². The number of allylic oxidation sites excluding steroid dienone is 1. The quantitative estimate of drug-likeness (QED) is 0.754. The van der Waals surface area contributed by atoms with Crippen LogP contribution in [0.1, 0.15) is 6.92 Å². The zero-order valence-corrected chi connectivity index (χ0v) is 14.8. The van der Waals surface area contributed by atoms with Gasteiger partial charge in [-0.25, -0.2) is 4.68 Å². The van der Waals surface area contributed by atoms with Crippen molar-refractivity contribution in [1.29, 1.82) is 0 Å². The highest BCUT2D eigenvalue weighted by molar-refractivity contribution is 6.32. The highest BCUT2D eigenvalue weighted by atomic mass is 35.5. The lowest BCUT2D eigenvalue weighted by Gasteiger charge is -2.19. The van der Waals surface area contributed by atoms with Crippen LogP contribution in [0.25, 0.3) is 5.69 Å². The molecule has 0 unspecified atom stereocenters. The predicted molar refractivity (Wildman–Crippen MR) is 92.6 cm³/mol. The Balaban J connectivity index is 2.08. The fourth-order valence-corrected chi connectivity index (χ4v) is 2.35. The van der Waals surface area contributed by atoms with Crippen LogP contribution in [0.3, 0.4) is 0 Å². The van der Waals surface area contributed by atoms with Crippen molar-refractivity contribution in [2.24, 2.45) is 0 Å². The van der Waals surface area contributed by atoms with E-state index in [4.69, 9.17) is 11.6 Å². The number of amides is 2. The number of carbonyl (C=O) groups excluding carboxylic acids is 2.